The van der Waals surface area contributed by atoms with Crippen LogP contribution in [0.25, 0.3) is 32.3 Å². The quantitative estimate of drug-likeness (QED) is 0.143. The molecular weight excluding hydrogens is 766 g/mol. The fourth-order valence-corrected chi connectivity index (χ4v) is 5.93. The number of benzene rings is 7. The molecule has 1 radical (unpaired) electrons. The van der Waals surface area contributed by atoms with E-state index in [0.29, 0.717) is 15.8 Å². The zero-order valence-corrected chi connectivity index (χ0v) is 34.2. The second kappa shape index (κ2) is 18.5. The molecule has 0 aromatic heterocycles. The van der Waals surface area contributed by atoms with Gasteiger partial charge in [0.2, 0.25) is 0 Å². The average Bonchev–Trinajstić information content (AvgIpc) is 3.09. The summed E-state index contributed by atoms with van der Waals surface area (Å²) >= 11 is 5.82. The number of halogens is 1. The van der Waals surface area contributed by atoms with Crippen molar-refractivity contribution in [2.45, 2.75) is 4.90 Å². The molecule has 247 valence electrons. The third kappa shape index (κ3) is 9.51. The zero-order valence-electron chi connectivity index (χ0n) is 27.4. The second-order valence-corrected chi connectivity index (χ2v) is 12.3. The number of hydrogen-bond acceptors (Lipinski definition) is 11. The molecule has 16 heteroatoms. The summed E-state index contributed by atoms with van der Waals surface area (Å²) in [6.45, 7) is 0. The summed E-state index contributed by atoms with van der Waals surface area (Å²) < 4.78 is 34.5. The summed E-state index contributed by atoms with van der Waals surface area (Å²) in [6, 6.07) is 31.6. The second-order valence-electron chi connectivity index (χ2n) is 10.5. The van der Waals surface area contributed by atoms with Crippen molar-refractivity contribution in [2.75, 3.05) is 0 Å². The van der Waals surface area contributed by atoms with Crippen molar-refractivity contribution in [3.63, 3.8) is 0 Å². The molecule has 0 saturated carbocycles. The van der Waals surface area contributed by atoms with Crippen molar-refractivity contribution >= 4 is 76.8 Å². The van der Waals surface area contributed by atoms with Crippen LogP contribution in [-0.2, 0) is 27.5 Å². The van der Waals surface area contributed by atoms with Crippen LogP contribution < -0.4 is 79.5 Å². The average molecular weight is 786 g/mol. The largest absolute Gasteiger partial charge is 3.00 e. The minimum Gasteiger partial charge on any atom is -0.871 e. The minimum absolute atomic E-state index is 0. The molecule has 7 aromatic carbocycles. The number of nitrogens with zero attached hydrogens (tertiary/aromatic N) is 4. The number of fused-ring (bicyclic) bond motifs is 3. The molecule has 0 unspecified atom stereocenters. The van der Waals surface area contributed by atoms with E-state index in [4.69, 9.17) is 11.6 Å². The van der Waals surface area contributed by atoms with E-state index in [0.717, 1.165) is 16.8 Å². The van der Waals surface area contributed by atoms with Gasteiger partial charge in [-0.2, -0.15) is 20.5 Å². The predicted octanol–water partition coefficient (Wildman–Crippen LogP) is 1.52. The van der Waals surface area contributed by atoms with Gasteiger partial charge < -0.3 is 25.0 Å². The fourth-order valence-electron chi connectivity index (χ4n) is 5.06. The Morgan fingerprint density at radius 2 is 0.904 bits per heavy atom. The maximum atomic E-state index is 12.4. The van der Waals surface area contributed by atoms with Crippen LogP contribution in [0.15, 0.2) is 147 Å². The summed E-state index contributed by atoms with van der Waals surface area (Å²) in [5.41, 5.74) is 0.250. The molecule has 0 heterocycles. The first-order valence-corrected chi connectivity index (χ1v) is 16.2. The van der Waals surface area contributed by atoms with Crippen molar-refractivity contribution in [1.82, 2.24) is 0 Å². The van der Waals surface area contributed by atoms with Crippen molar-refractivity contribution in [3.8, 4) is 23.0 Å². The molecule has 7 rings (SSSR count). The SMILES string of the molecule is O=S(=O)([O-])c1cc([O-])c(N=Nc2c([O-])ccc3ccccc23)c2ccccc12.[Cr+3].[Na+].[Na+].[O-]c1ccc(Cl)cc1N=Nc1c([O-])ccc2ccccc12. The molecule has 0 atom stereocenters. The molecule has 52 heavy (non-hydrogen) atoms. The van der Waals surface area contributed by atoms with Crippen LogP contribution in [0.2, 0.25) is 5.02 Å². The number of rotatable bonds is 5. The van der Waals surface area contributed by atoms with E-state index in [2.05, 4.69) is 20.5 Å². The Balaban J connectivity index is 0.000000275. The molecule has 7 aromatic rings. The first-order chi connectivity index (χ1) is 23.5. The van der Waals surface area contributed by atoms with E-state index in [1.54, 1.807) is 42.5 Å². The van der Waals surface area contributed by atoms with Crippen LogP contribution in [0, 0.1) is 0 Å². The van der Waals surface area contributed by atoms with Crippen LogP contribution in [0.4, 0.5) is 22.7 Å². The van der Waals surface area contributed by atoms with Gasteiger partial charge in [0.25, 0.3) is 0 Å². The Kier molecular flexibility index (Phi) is 15.2. The Labute approximate surface area is 357 Å². The maximum Gasteiger partial charge on any atom is 3.00 e. The Morgan fingerprint density at radius 3 is 1.42 bits per heavy atom. The number of azo groups is 2. The van der Waals surface area contributed by atoms with Gasteiger partial charge in [0.15, 0.2) is 0 Å². The van der Waals surface area contributed by atoms with E-state index in [1.807, 2.05) is 30.3 Å². The summed E-state index contributed by atoms with van der Waals surface area (Å²) in [6.07, 6.45) is 0. The van der Waals surface area contributed by atoms with E-state index in [9.17, 15) is 33.4 Å². The van der Waals surface area contributed by atoms with Gasteiger partial charge in [-0.05, 0) is 29.0 Å². The molecule has 0 aliphatic rings. The van der Waals surface area contributed by atoms with Crippen LogP contribution in [0.5, 0.6) is 23.0 Å². The molecule has 0 aliphatic carbocycles. The Morgan fingerprint density at radius 1 is 0.481 bits per heavy atom. The van der Waals surface area contributed by atoms with Crippen molar-refractivity contribution < 1.29 is 110 Å². The normalized spacial score (nSPS) is 11.1. The smallest absolute Gasteiger partial charge is 0.871 e. The van der Waals surface area contributed by atoms with Crippen molar-refractivity contribution in [3.05, 3.63) is 126 Å². The van der Waals surface area contributed by atoms with Gasteiger partial charge in [-0.25, -0.2) is 8.42 Å². The Bertz CT molecular complexity index is 2580. The summed E-state index contributed by atoms with van der Waals surface area (Å²) in [5.74, 6) is -1.68. The summed E-state index contributed by atoms with van der Waals surface area (Å²) in [7, 11) is -4.84. The first kappa shape index (κ1) is 42.9. The molecule has 0 bridgehead atoms. The fraction of sp³-hybridized carbons (Fsp3) is 0. The first-order valence-electron chi connectivity index (χ1n) is 14.4. The van der Waals surface area contributed by atoms with Crippen LogP contribution in [0.3, 0.4) is 0 Å². The monoisotopic (exact) mass is 785 g/mol. The molecule has 0 amide bonds. The molecular formula is C36H20ClCrN4Na2O7S. The molecule has 0 fully saturated rings. The van der Waals surface area contributed by atoms with Gasteiger partial charge in [-0.1, -0.05) is 138 Å². The van der Waals surface area contributed by atoms with Gasteiger partial charge >= 0.3 is 76.5 Å². The minimum atomic E-state index is -4.84. The standard InChI is InChI=1S/C20H14N2O5S.C16H11ClN2O2.Cr.2Na/c23-16-10-9-12-5-1-2-6-13(12)19(16)21-22-20-15-8-4-3-7-14(15)18(11-17(20)24)28(25,26)27;17-11-6-8-14(20)13(9-11)18-19-16-12-4-2-1-3-10(12)5-7-15(16)21;;;/h1-11,23-24H,(H,25,26,27);1-9,20-21H;;;/q;;+3;2*+1/p-5. The third-order valence-electron chi connectivity index (χ3n) is 7.37. The van der Waals surface area contributed by atoms with E-state index in [-0.39, 0.29) is 127 Å². The third-order valence-corrected chi connectivity index (χ3v) is 8.48. The zero-order chi connectivity index (χ0) is 34.7. The van der Waals surface area contributed by atoms with Gasteiger partial charge in [0.1, 0.15) is 10.1 Å². The van der Waals surface area contributed by atoms with Gasteiger partial charge in [0, 0.05) is 26.6 Å². The Hall–Kier alpha value is -3.55. The molecule has 0 spiro atoms. The van der Waals surface area contributed by atoms with Crippen molar-refractivity contribution in [2.24, 2.45) is 20.5 Å². The molecule has 0 N–H and O–H groups in total. The van der Waals surface area contributed by atoms with E-state index in [1.165, 1.54) is 42.5 Å². The summed E-state index contributed by atoms with van der Waals surface area (Å²) in [5, 5.41) is 67.6. The number of hydrogen-bond donors (Lipinski definition) is 0. The topological polar surface area (TPSA) is 199 Å². The predicted molar refractivity (Wildman–Crippen MR) is 177 cm³/mol. The van der Waals surface area contributed by atoms with Crippen LogP contribution in [-0.4, -0.2) is 13.0 Å². The van der Waals surface area contributed by atoms with Crippen molar-refractivity contribution in [1.29, 1.82) is 0 Å². The van der Waals surface area contributed by atoms with Gasteiger partial charge in [-0.15, -0.1) is 0 Å². The van der Waals surface area contributed by atoms with E-state index >= 15 is 0 Å². The molecule has 0 aliphatic heterocycles. The molecule has 11 nitrogen and oxygen atoms in total. The van der Waals surface area contributed by atoms with Gasteiger partial charge in [-0.3, -0.25) is 0 Å². The molecule has 0 saturated heterocycles. The van der Waals surface area contributed by atoms with E-state index < -0.39 is 20.8 Å². The van der Waals surface area contributed by atoms with Gasteiger partial charge in [0.05, 0.1) is 27.6 Å². The van der Waals surface area contributed by atoms with Crippen LogP contribution >= 0.6 is 11.6 Å². The maximum absolute atomic E-state index is 12.4. The van der Waals surface area contributed by atoms with Crippen LogP contribution in [0.1, 0.15) is 0 Å². The summed E-state index contributed by atoms with van der Waals surface area (Å²) in [4.78, 5) is -0.610.